The smallest absolute Gasteiger partial charge is 0.263 e. The highest BCUT2D eigenvalue weighted by molar-refractivity contribution is 7.71. The number of aromatic amines is 1. The van der Waals surface area contributed by atoms with Gasteiger partial charge in [0, 0.05) is 14.6 Å². The van der Waals surface area contributed by atoms with Crippen LogP contribution in [0.5, 0.6) is 0 Å². The predicted octanol–water partition coefficient (Wildman–Crippen LogP) is 4.16. The molecule has 3 nitrogen and oxygen atoms in total. The van der Waals surface area contributed by atoms with E-state index in [1.165, 1.54) is 4.88 Å². The minimum absolute atomic E-state index is 0.0108. The molecule has 0 atom stereocenters. The number of aromatic nitrogens is 2. The largest absolute Gasteiger partial charge is 0.323 e. The van der Waals surface area contributed by atoms with Gasteiger partial charge in [-0.2, -0.15) is 0 Å². The Morgan fingerprint density at radius 1 is 1.25 bits per heavy atom. The molecule has 0 spiro atoms. The number of H-pyrrole nitrogens is 1. The van der Waals surface area contributed by atoms with Gasteiger partial charge >= 0.3 is 0 Å². The minimum atomic E-state index is 0.0108. The summed E-state index contributed by atoms with van der Waals surface area (Å²) < 4.78 is 2.15. The van der Waals surface area contributed by atoms with Crippen LogP contribution in [-0.4, -0.2) is 9.55 Å². The van der Waals surface area contributed by atoms with Crippen LogP contribution in [0.3, 0.4) is 0 Å². The lowest BCUT2D eigenvalue weighted by Gasteiger charge is -2.05. The zero-order chi connectivity index (χ0) is 14.4. The first-order chi connectivity index (χ1) is 9.47. The van der Waals surface area contributed by atoms with E-state index in [0.29, 0.717) is 11.3 Å². The average Bonchev–Trinajstić information content (AvgIpc) is 2.90. The second-order valence-electron chi connectivity index (χ2n) is 4.82. The van der Waals surface area contributed by atoms with Gasteiger partial charge in [0.15, 0.2) is 4.77 Å². The van der Waals surface area contributed by atoms with E-state index in [1.54, 1.807) is 27.2 Å². The van der Waals surface area contributed by atoms with Crippen molar-refractivity contribution < 1.29 is 0 Å². The first kappa shape index (κ1) is 13.7. The Morgan fingerprint density at radius 2 is 2.00 bits per heavy atom. The third-order valence-electron chi connectivity index (χ3n) is 3.42. The van der Waals surface area contributed by atoms with Crippen molar-refractivity contribution in [2.45, 2.75) is 27.3 Å². The van der Waals surface area contributed by atoms with Crippen molar-refractivity contribution in [1.82, 2.24) is 9.55 Å². The minimum Gasteiger partial charge on any atom is -0.323 e. The van der Waals surface area contributed by atoms with Gasteiger partial charge in [0.1, 0.15) is 4.83 Å². The van der Waals surface area contributed by atoms with E-state index >= 15 is 0 Å². The molecule has 3 rings (SSSR count). The molecule has 6 heteroatoms. The lowest BCUT2D eigenvalue weighted by atomic mass is 10.2. The number of nitrogens with zero attached hydrogens (tertiary/aromatic N) is 1. The van der Waals surface area contributed by atoms with Crippen LogP contribution in [0.15, 0.2) is 16.9 Å². The van der Waals surface area contributed by atoms with Crippen LogP contribution in [0, 0.1) is 25.5 Å². The number of fused-ring (bicyclic) bond motifs is 1. The fraction of sp³-hybridized carbons (Fsp3) is 0.286. The van der Waals surface area contributed by atoms with Crippen molar-refractivity contribution in [3.05, 3.63) is 47.5 Å². The Balaban J connectivity index is 2.23. The maximum absolute atomic E-state index is 12.7. The van der Waals surface area contributed by atoms with Crippen molar-refractivity contribution in [2.75, 3.05) is 0 Å². The molecule has 3 heterocycles. The monoisotopic (exact) mass is 322 g/mol. The molecule has 0 bridgehead atoms. The number of rotatable bonds is 2. The number of aryl methyl sites for hydroxylation is 3. The highest BCUT2D eigenvalue weighted by Gasteiger charge is 2.13. The first-order valence-electron chi connectivity index (χ1n) is 6.25. The third kappa shape index (κ3) is 2.17. The van der Waals surface area contributed by atoms with Crippen molar-refractivity contribution in [1.29, 1.82) is 0 Å². The molecule has 0 fully saturated rings. The summed E-state index contributed by atoms with van der Waals surface area (Å²) in [5, 5.41) is 0.773. The lowest BCUT2D eigenvalue weighted by molar-refractivity contribution is 0.744. The van der Waals surface area contributed by atoms with Crippen molar-refractivity contribution in [3.8, 4) is 0 Å². The van der Waals surface area contributed by atoms with E-state index in [0.717, 1.165) is 25.5 Å². The van der Waals surface area contributed by atoms with Crippen LogP contribution >= 0.6 is 34.9 Å². The Morgan fingerprint density at radius 3 is 2.65 bits per heavy atom. The molecule has 0 aromatic carbocycles. The van der Waals surface area contributed by atoms with Crippen molar-refractivity contribution >= 4 is 45.1 Å². The van der Waals surface area contributed by atoms with Gasteiger partial charge in [-0.15, -0.1) is 22.7 Å². The number of nitrogens with one attached hydrogen (secondary N) is 1. The van der Waals surface area contributed by atoms with E-state index in [-0.39, 0.29) is 5.56 Å². The van der Waals surface area contributed by atoms with E-state index in [4.69, 9.17) is 12.2 Å². The number of hydrogen-bond donors (Lipinski definition) is 1. The molecular formula is C14H14N2OS3. The fourth-order valence-corrected chi connectivity index (χ4v) is 4.48. The summed E-state index contributed by atoms with van der Waals surface area (Å²) in [6, 6.07) is 4.12. The molecule has 0 amide bonds. The summed E-state index contributed by atoms with van der Waals surface area (Å²) in [7, 11) is 0. The van der Waals surface area contributed by atoms with E-state index in [2.05, 4.69) is 24.0 Å². The van der Waals surface area contributed by atoms with Gasteiger partial charge in [-0.3, -0.25) is 9.36 Å². The summed E-state index contributed by atoms with van der Waals surface area (Å²) in [5.41, 5.74) is 1.06. The first-order valence-corrected chi connectivity index (χ1v) is 8.29. The zero-order valence-corrected chi connectivity index (χ0v) is 13.9. The van der Waals surface area contributed by atoms with E-state index in [1.807, 2.05) is 13.8 Å². The Labute approximate surface area is 129 Å². The predicted molar refractivity (Wildman–Crippen MR) is 88.9 cm³/mol. The van der Waals surface area contributed by atoms with E-state index < -0.39 is 0 Å². The molecule has 0 aliphatic carbocycles. The quantitative estimate of drug-likeness (QED) is 0.720. The SMILES string of the molecule is Cc1ccc(Cn2c(=S)[nH]c3sc(C)c(C)c3c2=O)s1. The van der Waals surface area contributed by atoms with Gasteiger partial charge in [0.25, 0.3) is 5.56 Å². The normalized spacial score (nSPS) is 11.3. The molecule has 0 radical (unpaired) electrons. The highest BCUT2D eigenvalue weighted by atomic mass is 32.1. The van der Waals surface area contributed by atoms with Crippen LogP contribution in [0.4, 0.5) is 0 Å². The molecule has 0 unspecified atom stereocenters. The average molecular weight is 322 g/mol. The van der Waals surface area contributed by atoms with Crippen LogP contribution < -0.4 is 5.56 Å². The van der Waals surface area contributed by atoms with E-state index in [9.17, 15) is 4.79 Å². The molecular weight excluding hydrogens is 308 g/mol. The topological polar surface area (TPSA) is 37.8 Å². The molecule has 0 aliphatic heterocycles. The molecule has 0 saturated heterocycles. The summed E-state index contributed by atoms with van der Waals surface area (Å²) in [4.78, 5) is 20.3. The molecule has 20 heavy (non-hydrogen) atoms. The summed E-state index contributed by atoms with van der Waals surface area (Å²) in [6.07, 6.45) is 0. The van der Waals surface area contributed by atoms with Gasteiger partial charge in [0.2, 0.25) is 0 Å². The zero-order valence-electron chi connectivity index (χ0n) is 11.4. The second-order valence-corrected chi connectivity index (χ2v) is 7.81. The number of thiophene rings is 2. The summed E-state index contributed by atoms with van der Waals surface area (Å²) >= 11 is 8.63. The van der Waals surface area contributed by atoms with Gasteiger partial charge in [-0.25, -0.2) is 0 Å². The van der Waals surface area contributed by atoms with Crippen LogP contribution in [0.2, 0.25) is 0 Å². The third-order valence-corrected chi connectivity index (χ3v) is 5.85. The lowest BCUT2D eigenvalue weighted by Crippen LogP contribution is -2.22. The maximum atomic E-state index is 12.7. The molecule has 3 aromatic heterocycles. The Hall–Kier alpha value is -1.24. The van der Waals surface area contributed by atoms with Gasteiger partial charge in [-0.1, -0.05) is 0 Å². The van der Waals surface area contributed by atoms with Crippen LogP contribution in [0.1, 0.15) is 20.2 Å². The van der Waals surface area contributed by atoms with Crippen LogP contribution in [0.25, 0.3) is 10.2 Å². The Kier molecular flexibility index (Phi) is 3.40. The molecule has 104 valence electrons. The maximum Gasteiger partial charge on any atom is 0.263 e. The summed E-state index contributed by atoms with van der Waals surface area (Å²) in [6.45, 7) is 6.62. The second kappa shape index (κ2) is 4.95. The molecule has 3 aromatic rings. The van der Waals surface area contributed by atoms with Gasteiger partial charge < -0.3 is 4.98 Å². The summed E-state index contributed by atoms with van der Waals surface area (Å²) in [5.74, 6) is 0. The molecule has 0 aliphatic rings. The van der Waals surface area contributed by atoms with Gasteiger partial charge in [-0.05, 0) is 50.7 Å². The number of hydrogen-bond acceptors (Lipinski definition) is 4. The Bertz CT molecular complexity index is 911. The fourth-order valence-electron chi connectivity index (χ4n) is 2.23. The van der Waals surface area contributed by atoms with Crippen molar-refractivity contribution in [3.63, 3.8) is 0 Å². The van der Waals surface area contributed by atoms with Crippen molar-refractivity contribution in [2.24, 2.45) is 0 Å². The molecule has 0 saturated carbocycles. The molecule has 1 N–H and O–H groups in total. The van der Waals surface area contributed by atoms with Crippen LogP contribution in [-0.2, 0) is 6.54 Å². The van der Waals surface area contributed by atoms with Gasteiger partial charge in [0.05, 0.1) is 11.9 Å². The standard InChI is InChI=1S/C14H14N2OS3/c1-7-4-5-10(19-7)6-16-13(17)11-8(2)9(3)20-12(11)15-14(16)18/h4-5H,6H2,1-3H3,(H,15,18). The highest BCUT2D eigenvalue weighted by Crippen LogP contribution is 2.26.